The lowest BCUT2D eigenvalue weighted by atomic mass is 10.0. The molecule has 1 aliphatic rings. The number of carbonyl (C=O) groups is 2. The molecule has 0 bridgehead atoms. The molecule has 5 rings (SSSR count). The molecule has 7 nitrogen and oxygen atoms in total. The number of thiophene rings is 1. The Kier molecular flexibility index (Phi) is 6.42. The third kappa shape index (κ3) is 4.43. The van der Waals surface area contributed by atoms with Crippen molar-refractivity contribution in [3.8, 4) is 5.69 Å². The van der Waals surface area contributed by atoms with E-state index in [1.54, 1.807) is 17.9 Å². The van der Waals surface area contributed by atoms with Crippen LogP contribution < -0.4 is 10.9 Å². The molecule has 9 heteroatoms. The van der Waals surface area contributed by atoms with Gasteiger partial charge in [0.1, 0.15) is 15.6 Å². The van der Waals surface area contributed by atoms with Crippen LogP contribution in [0.15, 0.2) is 65.5 Å². The molecule has 2 aromatic heterocycles. The van der Waals surface area contributed by atoms with Crippen LogP contribution in [0.2, 0.25) is 0 Å². The Hall–Kier alpha value is -3.82. The molecule has 0 radical (unpaired) electrons. The Labute approximate surface area is 211 Å². The highest BCUT2D eigenvalue weighted by Gasteiger charge is 2.27. The minimum Gasteiger partial charge on any atom is -0.322 e. The van der Waals surface area contributed by atoms with Crippen molar-refractivity contribution in [1.82, 2.24) is 14.4 Å². The van der Waals surface area contributed by atoms with Gasteiger partial charge in [0.05, 0.1) is 11.3 Å². The van der Waals surface area contributed by atoms with Crippen molar-refractivity contribution in [3.63, 3.8) is 0 Å². The van der Waals surface area contributed by atoms with E-state index in [1.807, 2.05) is 37.4 Å². The van der Waals surface area contributed by atoms with Crippen molar-refractivity contribution in [3.05, 3.63) is 93.5 Å². The molecular formula is C27H25FN4O3S. The van der Waals surface area contributed by atoms with Gasteiger partial charge in [-0.2, -0.15) is 0 Å². The molecule has 0 saturated carbocycles. The number of piperazine rings is 1. The maximum atomic E-state index is 13.9. The summed E-state index contributed by atoms with van der Waals surface area (Å²) in [5.74, 6) is -0.750. The maximum absolute atomic E-state index is 13.9. The number of urea groups is 1. The minimum atomic E-state index is -0.400. The maximum Gasteiger partial charge on any atom is 0.322 e. The summed E-state index contributed by atoms with van der Waals surface area (Å²) in [6, 6.07) is 16.1. The van der Waals surface area contributed by atoms with Crippen LogP contribution in [0.5, 0.6) is 0 Å². The number of aromatic nitrogens is 1. The topological polar surface area (TPSA) is 74.7 Å². The van der Waals surface area contributed by atoms with Gasteiger partial charge in [0.15, 0.2) is 5.78 Å². The normalized spacial score (nSPS) is 14.2. The lowest BCUT2D eigenvalue weighted by Crippen LogP contribution is -2.48. The number of amides is 2. The van der Waals surface area contributed by atoms with Crippen molar-refractivity contribution in [1.29, 1.82) is 0 Å². The largest absolute Gasteiger partial charge is 0.322 e. The number of ketones is 1. The number of benzene rings is 2. The average Bonchev–Trinajstić information content (AvgIpc) is 3.23. The van der Waals surface area contributed by atoms with Crippen LogP contribution in [0.3, 0.4) is 0 Å². The molecule has 0 atom stereocenters. The predicted molar refractivity (Wildman–Crippen MR) is 140 cm³/mol. The molecule has 0 aliphatic carbocycles. The van der Waals surface area contributed by atoms with Gasteiger partial charge in [0, 0.05) is 43.2 Å². The second-order valence-electron chi connectivity index (χ2n) is 8.88. The molecule has 0 spiro atoms. The summed E-state index contributed by atoms with van der Waals surface area (Å²) < 4.78 is 15.5. The first kappa shape index (κ1) is 23.9. The lowest BCUT2D eigenvalue weighted by molar-refractivity contribution is 0.104. The fourth-order valence-corrected chi connectivity index (χ4v) is 5.54. The highest BCUT2D eigenvalue weighted by molar-refractivity contribution is 7.23. The number of halogens is 1. The average molecular weight is 505 g/mol. The van der Waals surface area contributed by atoms with E-state index >= 15 is 0 Å². The summed E-state index contributed by atoms with van der Waals surface area (Å²) in [6.07, 6.45) is 0. The van der Waals surface area contributed by atoms with Gasteiger partial charge in [-0.25, -0.2) is 9.18 Å². The standard InChI is InChI=1S/C27H25FN4O3S/c1-17-16-18(8-10-21(17)28)24(34)23-20-9-11-22(33)32(19-6-4-3-5-7-19)26(20)36-25(23)29-27(35)31-14-12-30(2)13-15-31/h3-11,16H,12-15H2,1-2H3,(H,29,35). The minimum absolute atomic E-state index is 0.247. The summed E-state index contributed by atoms with van der Waals surface area (Å²) in [7, 11) is 2.01. The van der Waals surface area contributed by atoms with Gasteiger partial charge in [0.25, 0.3) is 5.56 Å². The van der Waals surface area contributed by atoms with E-state index in [1.165, 1.54) is 40.2 Å². The van der Waals surface area contributed by atoms with E-state index in [2.05, 4.69) is 10.2 Å². The monoisotopic (exact) mass is 504 g/mol. The summed E-state index contributed by atoms with van der Waals surface area (Å²) in [4.78, 5) is 44.2. The zero-order chi connectivity index (χ0) is 25.4. The van der Waals surface area contributed by atoms with Crippen LogP contribution in [0, 0.1) is 12.7 Å². The van der Waals surface area contributed by atoms with E-state index in [9.17, 15) is 18.8 Å². The first-order chi connectivity index (χ1) is 17.3. The number of carbonyl (C=O) groups excluding carboxylic acids is 2. The third-order valence-corrected chi connectivity index (χ3v) is 7.52. The first-order valence-electron chi connectivity index (χ1n) is 11.6. The quantitative estimate of drug-likeness (QED) is 0.415. The Bertz CT molecular complexity index is 1520. The molecule has 184 valence electrons. The SMILES string of the molecule is Cc1cc(C(=O)c2c(NC(=O)N3CCN(C)CC3)sc3c2ccc(=O)n3-c2ccccc2)ccc1F. The molecular weight excluding hydrogens is 479 g/mol. The summed E-state index contributed by atoms with van der Waals surface area (Å²) in [5.41, 5.74) is 1.35. The summed E-state index contributed by atoms with van der Waals surface area (Å²) in [6.45, 7) is 4.26. The first-order valence-corrected chi connectivity index (χ1v) is 12.4. The second kappa shape index (κ2) is 9.67. The highest BCUT2D eigenvalue weighted by Crippen LogP contribution is 2.38. The smallest absolute Gasteiger partial charge is 0.322 e. The van der Waals surface area contributed by atoms with Gasteiger partial charge in [-0.1, -0.05) is 29.5 Å². The van der Waals surface area contributed by atoms with E-state index in [0.29, 0.717) is 45.1 Å². The van der Waals surface area contributed by atoms with Crippen LogP contribution in [0.1, 0.15) is 21.5 Å². The van der Waals surface area contributed by atoms with Crippen LogP contribution in [0.4, 0.5) is 14.2 Å². The fourth-order valence-electron chi connectivity index (χ4n) is 4.33. The number of nitrogens with zero attached hydrogens (tertiary/aromatic N) is 3. The number of nitrogens with one attached hydrogen (secondary N) is 1. The Balaban J connectivity index is 1.66. The Morgan fingerprint density at radius 3 is 2.39 bits per heavy atom. The number of hydrogen-bond acceptors (Lipinski definition) is 5. The Morgan fingerprint density at radius 1 is 0.972 bits per heavy atom. The van der Waals surface area contributed by atoms with E-state index in [0.717, 1.165) is 13.1 Å². The predicted octanol–water partition coefficient (Wildman–Crippen LogP) is 4.51. The molecule has 2 amide bonds. The van der Waals surface area contributed by atoms with Crippen LogP contribution in [-0.4, -0.2) is 59.4 Å². The van der Waals surface area contributed by atoms with Crippen molar-refractivity contribution in [2.45, 2.75) is 6.92 Å². The number of hydrogen-bond donors (Lipinski definition) is 1. The summed E-state index contributed by atoms with van der Waals surface area (Å²) >= 11 is 1.18. The number of fused-ring (bicyclic) bond motifs is 1. The number of likely N-dealkylation sites (N-methyl/N-ethyl adjacent to an activating group) is 1. The van der Waals surface area contributed by atoms with E-state index in [-0.39, 0.29) is 22.9 Å². The molecule has 1 aliphatic heterocycles. The number of pyridine rings is 1. The lowest BCUT2D eigenvalue weighted by Gasteiger charge is -2.32. The molecule has 0 unspecified atom stereocenters. The van der Waals surface area contributed by atoms with Crippen molar-refractivity contribution in [2.75, 3.05) is 38.5 Å². The summed E-state index contributed by atoms with van der Waals surface area (Å²) in [5, 5.41) is 3.84. The van der Waals surface area contributed by atoms with Gasteiger partial charge in [-0.05, 0) is 55.9 Å². The van der Waals surface area contributed by atoms with Gasteiger partial charge in [0.2, 0.25) is 0 Å². The number of rotatable bonds is 4. The van der Waals surface area contributed by atoms with Gasteiger partial charge in [-0.15, -0.1) is 0 Å². The van der Waals surface area contributed by atoms with Crippen LogP contribution in [0.25, 0.3) is 15.9 Å². The van der Waals surface area contributed by atoms with E-state index in [4.69, 9.17) is 0 Å². The fraction of sp³-hybridized carbons (Fsp3) is 0.222. The van der Waals surface area contributed by atoms with Crippen LogP contribution in [-0.2, 0) is 0 Å². The zero-order valence-corrected chi connectivity index (χ0v) is 20.8. The van der Waals surface area contributed by atoms with Gasteiger partial charge in [-0.3, -0.25) is 19.5 Å². The van der Waals surface area contributed by atoms with Crippen molar-refractivity contribution < 1.29 is 14.0 Å². The van der Waals surface area contributed by atoms with E-state index < -0.39 is 5.82 Å². The van der Waals surface area contributed by atoms with Crippen molar-refractivity contribution >= 4 is 38.4 Å². The molecule has 2 aromatic carbocycles. The molecule has 1 fully saturated rings. The van der Waals surface area contributed by atoms with Crippen LogP contribution >= 0.6 is 11.3 Å². The molecule has 36 heavy (non-hydrogen) atoms. The number of anilines is 1. The molecule has 1 saturated heterocycles. The molecule has 1 N–H and O–H groups in total. The second-order valence-corrected chi connectivity index (χ2v) is 9.88. The van der Waals surface area contributed by atoms with Crippen molar-refractivity contribution in [2.24, 2.45) is 0 Å². The molecule has 4 aromatic rings. The zero-order valence-electron chi connectivity index (χ0n) is 20.0. The number of aryl methyl sites for hydroxylation is 1. The molecule has 3 heterocycles. The third-order valence-electron chi connectivity index (χ3n) is 6.41. The Morgan fingerprint density at radius 2 is 1.69 bits per heavy atom. The van der Waals surface area contributed by atoms with Gasteiger partial charge < -0.3 is 9.80 Å². The van der Waals surface area contributed by atoms with Gasteiger partial charge >= 0.3 is 6.03 Å². The highest BCUT2D eigenvalue weighted by atomic mass is 32.1. The number of para-hydroxylation sites is 1.